The molecule has 0 atom stereocenters. The zero-order chi connectivity index (χ0) is 14.8. The fourth-order valence-corrected chi connectivity index (χ4v) is 1.53. The Hall–Kier alpha value is -2.38. The van der Waals surface area contributed by atoms with Crippen LogP contribution in [0.25, 0.3) is 0 Å². The SMILES string of the molecule is CCc1ccc(Nc2nc(N)nc(C(F)(F)F)n2)cc1. The molecule has 1 aromatic heterocycles. The summed E-state index contributed by atoms with van der Waals surface area (Å²) in [5.74, 6) is -2.05. The number of halogens is 3. The van der Waals surface area contributed by atoms with E-state index in [1.54, 1.807) is 12.1 Å². The van der Waals surface area contributed by atoms with Crippen LogP contribution in [0.2, 0.25) is 0 Å². The van der Waals surface area contributed by atoms with E-state index in [0.717, 1.165) is 12.0 Å². The molecule has 8 heteroatoms. The van der Waals surface area contributed by atoms with E-state index in [1.807, 2.05) is 19.1 Å². The first kappa shape index (κ1) is 14.0. The van der Waals surface area contributed by atoms with Crippen molar-refractivity contribution in [3.8, 4) is 0 Å². The predicted molar refractivity (Wildman–Crippen MR) is 68.3 cm³/mol. The maximum Gasteiger partial charge on any atom is 0.451 e. The Kier molecular flexibility index (Phi) is 3.73. The van der Waals surface area contributed by atoms with Crippen molar-refractivity contribution in [2.24, 2.45) is 0 Å². The van der Waals surface area contributed by atoms with E-state index in [-0.39, 0.29) is 5.95 Å². The number of nitrogen functional groups attached to an aromatic ring is 1. The number of hydrogen-bond acceptors (Lipinski definition) is 5. The van der Waals surface area contributed by atoms with E-state index in [0.29, 0.717) is 5.69 Å². The van der Waals surface area contributed by atoms with Crippen LogP contribution in [-0.2, 0) is 12.6 Å². The minimum Gasteiger partial charge on any atom is -0.368 e. The maximum absolute atomic E-state index is 12.5. The molecule has 106 valence electrons. The van der Waals surface area contributed by atoms with Crippen molar-refractivity contribution >= 4 is 17.6 Å². The highest BCUT2D eigenvalue weighted by molar-refractivity contribution is 5.54. The Morgan fingerprint density at radius 2 is 1.75 bits per heavy atom. The van der Waals surface area contributed by atoms with Gasteiger partial charge < -0.3 is 11.1 Å². The van der Waals surface area contributed by atoms with Crippen LogP contribution in [0.5, 0.6) is 0 Å². The lowest BCUT2D eigenvalue weighted by molar-refractivity contribution is -0.144. The van der Waals surface area contributed by atoms with Crippen molar-refractivity contribution in [3.63, 3.8) is 0 Å². The lowest BCUT2D eigenvalue weighted by Gasteiger charge is -2.09. The van der Waals surface area contributed by atoms with Crippen molar-refractivity contribution in [1.82, 2.24) is 15.0 Å². The highest BCUT2D eigenvalue weighted by atomic mass is 19.4. The van der Waals surface area contributed by atoms with Crippen LogP contribution in [-0.4, -0.2) is 15.0 Å². The van der Waals surface area contributed by atoms with Crippen molar-refractivity contribution in [1.29, 1.82) is 0 Å². The van der Waals surface area contributed by atoms with Gasteiger partial charge in [-0.2, -0.15) is 28.1 Å². The van der Waals surface area contributed by atoms with Gasteiger partial charge >= 0.3 is 6.18 Å². The molecule has 3 N–H and O–H groups in total. The van der Waals surface area contributed by atoms with Gasteiger partial charge in [0, 0.05) is 5.69 Å². The minimum absolute atomic E-state index is 0.242. The van der Waals surface area contributed by atoms with Crippen LogP contribution >= 0.6 is 0 Å². The highest BCUT2D eigenvalue weighted by Gasteiger charge is 2.35. The van der Waals surface area contributed by atoms with Gasteiger partial charge in [0.1, 0.15) is 0 Å². The second-order valence-corrected chi connectivity index (χ2v) is 4.01. The van der Waals surface area contributed by atoms with Gasteiger partial charge in [-0.05, 0) is 24.1 Å². The zero-order valence-electron chi connectivity index (χ0n) is 10.6. The summed E-state index contributed by atoms with van der Waals surface area (Å²) in [6.07, 6.45) is -3.79. The number of nitrogens with zero attached hydrogens (tertiary/aromatic N) is 3. The molecule has 2 aromatic rings. The zero-order valence-corrected chi connectivity index (χ0v) is 10.6. The van der Waals surface area contributed by atoms with Crippen LogP contribution in [0.15, 0.2) is 24.3 Å². The number of aromatic nitrogens is 3. The van der Waals surface area contributed by atoms with E-state index >= 15 is 0 Å². The van der Waals surface area contributed by atoms with Gasteiger partial charge in [-0.1, -0.05) is 19.1 Å². The second-order valence-electron chi connectivity index (χ2n) is 4.01. The van der Waals surface area contributed by atoms with E-state index in [4.69, 9.17) is 5.73 Å². The molecule has 2 rings (SSSR count). The maximum atomic E-state index is 12.5. The third-order valence-corrected chi connectivity index (χ3v) is 2.52. The number of alkyl halides is 3. The van der Waals surface area contributed by atoms with E-state index in [2.05, 4.69) is 20.3 Å². The number of anilines is 3. The van der Waals surface area contributed by atoms with Gasteiger partial charge in [0.25, 0.3) is 0 Å². The molecular formula is C12H12F3N5. The molecule has 0 saturated carbocycles. The fourth-order valence-electron chi connectivity index (χ4n) is 1.53. The molecule has 0 saturated heterocycles. The highest BCUT2D eigenvalue weighted by Crippen LogP contribution is 2.27. The van der Waals surface area contributed by atoms with E-state index in [9.17, 15) is 13.2 Å². The number of aryl methyl sites for hydroxylation is 1. The van der Waals surface area contributed by atoms with Crippen LogP contribution < -0.4 is 11.1 Å². The average Bonchev–Trinajstić information content (AvgIpc) is 2.38. The molecule has 0 amide bonds. The quantitative estimate of drug-likeness (QED) is 0.905. The topological polar surface area (TPSA) is 76.7 Å². The van der Waals surface area contributed by atoms with Crippen LogP contribution in [0.1, 0.15) is 18.3 Å². The Balaban J connectivity index is 2.26. The molecule has 1 heterocycles. The van der Waals surface area contributed by atoms with Gasteiger partial charge in [-0.25, -0.2) is 0 Å². The molecule has 0 spiro atoms. The summed E-state index contributed by atoms with van der Waals surface area (Å²) in [5.41, 5.74) is 6.94. The van der Waals surface area contributed by atoms with Crippen molar-refractivity contribution < 1.29 is 13.2 Å². The van der Waals surface area contributed by atoms with Gasteiger partial charge in [0.2, 0.25) is 17.7 Å². The number of nitrogens with two attached hydrogens (primary N) is 1. The normalized spacial score (nSPS) is 11.4. The molecule has 0 aliphatic rings. The molecular weight excluding hydrogens is 271 g/mol. The van der Waals surface area contributed by atoms with E-state index < -0.39 is 17.9 Å². The summed E-state index contributed by atoms with van der Waals surface area (Å²) in [6, 6.07) is 7.17. The van der Waals surface area contributed by atoms with Gasteiger partial charge in [0.15, 0.2) is 0 Å². The molecule has 1 aromatic carbocycles. The number of benzene rings is 1. The molecule has 0 unspecified atom stereocenters. The monoisotopic (exact) mass is 283 g/mol. The molecule has 20 heavy (non-hydrogen) atoms. The number of hydrogen-bond donors (Lipinski definition) is 2. The second kappa shape index (κ2) is 5.32. The third kappa shape index (κ3) is 3.34. The Morgan fingerprint density at radius 1 is 1.10 bits per heavy atom. The lowest BCUT2D eigenvalue weighted by atomic mass is 10.1. The first-order chi connectivity index (χ1) is 9.38. The Morgan fingerprint density at radius 3 is 2.30 bits per heavy atom. The molecule has 5 nitrogen and oxygen atoms in total. The largest absolute Gasteiger partial charge is 0.451 e. The van der Waals surface area contributed by atoms with Crippen LogP contribution in [0.4, 0.5) is 30.8 Å². The summed E-state index contributed by atoms with van der Waals surface area (Å²) in [7, 11) is 0. The van der Waals surface area contributed by atoms with E-state index in [1.165, 1.54) is 0 Å². The summed E-state index contributed by atoms with van der Waals surface area (Å²) in [5, 5.41) is 2.67. The Bertz CT molecular complexity index is 595. The first-order valence-corrected chi connectivity index (χ1v) is 5.83. The molecule has 0 fully saturated rings. The molecule has 0 bridgehead atoms. The molecule has 0 aliphatic heterocycles. The summed E-state index contributed by atoms with van der Waals surface area (Å²) in [4.78, 5) is 10.00. The van der Waals surface area contributed by atoms with Crippen molar-refractivity contribution in [3.05, 3.63) is 35.7 Å². The minimum atomic E-state index is -4.67. The van der Waals surface area contributed by atoms with Crippen LogP contribution in [0, 0.1) is 0 Å². The average molecular weight is 283 g/mol. The smallest absolute Gasteiger partial charge is 0.368 e. The van der Waals surface area contributed by atoms with Crippen molar-refractivity contribution in [2.45, 2.75) is 19.5 Å². The number of rotatable bonds is 3. The lowest BCUT2D eigenvalue weighted by Crippen LogP contribution is -2.15. The summed E-state index contributed by atoms with van der Waals surface area (Å²) >= 11 is 0. The van der Waals surface area contributed by atoms with Gasteiger partial charge in [-0.15, -0.1) is 0 Å². The standard InChI is InChI=1S/C12H12F3N5/c1-2-7-3-5-8(6-4-7)17-11-19-9(12(13,14)15)18-10(16)20-11/h3-6H,2H2,1H3,(H3,16,17,18,19,20). The molecule has 0 aliphatic carbocycles. The van der Waals surface area contributed by atoms with Gasteiger partial charge in [-0.3, -0.25) is 0 Å². The summed E-state index contributed by atoms with van der Waals surface area (Å²) in [6.45, 7) is 2.00. The number of nitrogens with one attached hydrogen (secondary N) is 1. The fraction of sp³-hybridized carbons (Fsp3) is 0.250. The molecule has 0 radical (unpaired) electrons. The van der Waals surface area contributed by atoms with Gasteiger partial charge in [0.05, 0.1) is 0 Å². The summed E-state index contributed by atoms with van der Waals surface area (Å²) < 4.78 is 37.6. The Labute approximate surface area is 113 Å². The third-order valence-electron chi connectivity index (χ3n) is 2.52. The van der Waals surface area contributed by atoms with Crippen molar-refractivity contribution in [2.75, 3.05) is 11.1 Å². The van der Waals surface area contributed by atoms with Crippen LogP contribution in [0.3, 0.4) is 0 Å². The predicted octanol–water partition coefficient (Wildman–Crippen LogP) is 2.78. The first-order valence-electron chi connectivity index (χ1n) is 5.83.